The van der Waals surface area contributed by atoms with Crippen molar-refractivity contribution in [2.45, 2.75) is 68.7 Å². The van der Waals surface area contributed by atoms with Crippen molar-refractivity contribution in [3.8, 4) is 16.2 Å². The van der Waals surface area contributed by atoms with Crippen LogP contribution in [0.1, 0.15) is 57.4 Å². The number of hydrogen-bond acceptors (Lipinski definition) is 9. The highest BCUT2D eigenvalue weighted by atomic mass is 32.2. The standard InChI is InChI=1S/C29H36N6O2S2/c30-28(19-8-13-36-14-9-19)26(17-32-21-1-2-21)37-25-5-10-31-24-15-27(38-29(24)25)20-16-33-35(18-20)22-6-11-34(12-7-22)39-23-3-4-23/h5,10,15-19,21-23,30,32H,1-4,6-9,11-14H2/b26-17+,30-28?. The zero-order chi connectivity index (χ0) is 26.2. The minimum absolute atomic E-state index is 0.159. The Hall–Kier alpha value is -2.40. The van der Waals surface area contributed by atoms with Gasteiger partial charge in [-0.3, -0.25) is 14.0 Å². The zero-order valence-electron chi connectivity index (χ0n) is 22.2. The normalized spacial score (nSPS) is 21.9. The van der Waals surface area contributed by atoms with E-state index < -0.39 is 0 Å². The summed E-state index contributed by atoms with van der Waals surface area (Å²) in [7, 11) is 0. The minimum Gasteiger partial charge on any atom is -0.452 e. The molecule has 0 aromatic carbocycles. The lowest BCUT2D eigenvalue weighted by Gasteiger charge is -2.31. The first-order valence-electron chi connectivity index (χ1n) is 14.3. The van der Waals surface area contributed by atoms with Crippen LogP contribution < -0.4 is 10.1 Å². The predicted molar refractivity (Wildman–Crippen MR) is 157 cm³/mol. The number of allylic oxidation sites excluding steroid dienone is 1. The van der Waals surface area contributed by atoms with E-state index in [0.717, 1.165) is 70.4 Å². The maximum atomic E-state index is 8.93. The molecule has 0 unspecified atom stereocenters. The van der Waals surface area contributed by atoms with Crippen molar-refractivity contribution in [2.24, 2.45) is 5.92 Å². The van der Waals surface area contributed by atoms with Crippen molar-refractivity contribution >= 4 is 39.2 Å². The second-order valence-corrected chi connectivity index (χ2v) is 13.6. The number of aromatic nitrogens is 3. The van der Waals surface area contributed by atoms with Crippen LogP contribution in [0.3, 0.4) is 0 Å². The zero-order valence-corrected chi connectivity index (χ0v) is 23.8. The molecule has 8 nitrogen and oxygen atoms in total. The Kier molecular flexibility index (Phi) is 7.36. The molecule has 0 radical (unpaired) electrons. The predicted octanol–water partition coefficient (Wildman–Crippen LogP) is 6.03. The Morgan fingerprint density at radius 3 is 2.72 bits per heavy atom. The molecule has 2 N–H and O–H groups in total. The van der Waals surface area contributed by atoms with Crippen molar-refractivity contribution < 1.29 is 9.47 Å². The van der Waals surface area contributed by atoms with Gasteiger partial charge in [-0.25, -0.2) is 0 Å². The average Bonchev–Trinajstić information content (AvgIpc) is 3.88. The van der Waals surface area contributed by atoms with Gasteiger partial charge < -0.3 is 20.2 Å². The lowest BCUT2D eigenvalue weighted by atomic mass is 9.93. The van der Waals surface area contributed by atoms with Crippen LogP contribution in [0.15, 0.2) is 42.7 Å². The second-order valence-electron chi connectivity index (χ2n) is 11.2. The molecule has 3 aromatic heterocycles. The quantitative estimate of drug-likeness (QED) is 0.177. The number of nitrogens with one attached hydrogen (secondary N) is 2. The molecule has 7 rings (SSSR count). The molecule has 2 saturated carbocycles. The summed E-state index contributed by atoms with van der Waals surface area (Å²) in [4.78, 5) is 5.78. The Labute approximate surface area is 237 Å². The summed E-state index contributed by atoms with van der Waals surface area (Å²) in [6, 6.07) is 5.02. The van der Waals surface area contributed by atoms with E-state index >= 15 is 0 Å². The minimum atomic E-state index is 0.159. The molecule has 0 spiro atoms. The van der Waals surface area contributed by atoms with Gasteiger partial charge in [0.25, 0.3) is 0 Å². The van der Waals surface area contributed by atoms with E-state index in [-0.39, 0.29) is 5.92 Å². The van der Waals surface area contributed by atoms with Gasteiger partial charge in [-0.15, -0.1) is 11.3 Å². The van der Waals surface area contributed by atoms with Crippen LogP contribution in [-0.4, -0.2) is 62.4 Å². The fourth-order valence-corrected chi connectivity index (χ4v) is 7.54. The molecule has 2 aliphatic heterocycles. The van der Waals surface area contributed by atoms with E-state index in [9.17, 15) is 0 Å². The Morgan fingerprint density at radius 1 is 1.13 bits per heavy atom. The average molecular weight is 565 g/mol. The van der Waals surface area contributed by atoms with Crippen LogP contribution in [0.2, 0.25) is 0 Å². The Bertz CT molecular complexity index is 1350. The van der Waals surface area contributed by atoms with E-state index in [1.54, 1.807) is 17.5 Å². The van der Waals surface area contributed by atoms with Crippen LogP contribution in [0.5, 0.6) is 5.75 Å². The molecule has 5 heterocycles. The van der Waals surface area contributed by atoms with Crippen LogP contribution in [0.25, 0.3) is 20.7 Å². The number of rotatable bonds is 10. The highest BCUT2D eigenvalue weighted by Crippen LogP contribution is 2.40. The Morgan fingerprint density at radius 2 is 1.95 bits per heavy atom. The molecule has 0 bridgehead atoms. The fourth-order valence-electron chi connectivity index (χ4n) is 5.31. The summed E-state index contributed by atoms with van der Waals surface area (Å²) in [5.74, 6) is 1.52. The number of ether oxygens (including phenoxy) is 2. The first-order valence-corrected chi connectivity index (χ1v) is 16.0. The summed E-state index contributed by atoms with van der Waals surface area (Å²) < 4.78 is 17.7. The highest BCUT2D eigenvalue weighted by molar-refractivity contribution is 7.97. The Balaban J connectivity index is 1.08. The summed E-state index contributed by atoms with van der Waals surface area (Å²) in [5.41, 5.74) is 2.59. The molecule has 0 amide bonds. The van der Waals surface area contributed by atoms with Gasteiger partial charge in [0, 0.05) is 78.6 Å². The third-order valence-electron chi connectivity index (χ3n) is 8.02. The van der Waals surface area contributed by atoms with Crippen molar-refractivity contribution in [2.75, 3.05) is 26.3 Å². The van der Waals surface area contributed by atoms with Gasteiger partial charge in [0.05, 0.1) is 28.2 Å². The van der Waals surface area contributed by atoms with Crippen molar-refractivity contribution in [1.29, 1.82) is 5.41 Å². The number of hydrogen-bond donors (Lipinski definition) is 2. The summed E-state index contributed by atoms with van der Waals surface area (Å²) in [6.07, 6.45) is 17.0. The van der Waals surface area contributed by atoms with Gasteiger partial charge in [-0.2, -0.15) is 5.10 Å². The summed E-state index contributed by atoms with van der Waals surface area (Å²) >= 11 is 3.76. The molecule has 2 saturated heterocycles. The van der Waals surface area contributed by atoms with E-state index in [0.29, 0.717) is 36.8 Å². The molecule has 4 fully saturated rings. The van der Waals surface area contributed by atoms with E-state index in [4.69, 9.17) is 20.0 Å². The van der Waals surface area contributed by atoms with E-state index in [2.05, 4.69) is 43.5 Å². The first-order chi connectivity index (χ1) is 19.2. The van der Waals surface area contributed by atoms with E-state index in [1.165, 1.54) is 25.7 Å². The molecular weight excluding hydrogens is 528 g/mol. The first kappa shape index (κ1) is 25.6. The monoisotopic (exact) mass is 564 g/mol. The molecule has 10 heteroatoms. The third-order valence-corrected chi connectivity index (χ3v) is 10.6. The lowest BCUT2D eigenvalue weighted by Crippen LogP contribution is -2.30. The fraction of sp³-hybridized carbons (Fsp3) is 0.552. The van der Waals surface area contributed by atoms with Gasteiger partial charge in [-0.1, -0.05) is 11.9 Å². The summed E-state index contributed by atoms with van der Waals surface area (Å²) in [5, 5.41) is 18.0. The number of pyridine rings is 1. The molecule has 39 heavy (non-hydrogen) atoms. The SMILES string of the molecule is N=C(/C(=C\NC1CC1)Oc1ccnc2cc(-c3cnn(C4CCN(SC5CC5)CC4)c3)sc12)C1CCOCC1. The molecule has 2 aliphatic carbocycles. The second kappa shape index (κ2) is 11.2. The van der Waals surface area contributed by atoms with Crippen LogP contribution >= 0.6 is 23.3 Å². The molecule has 0 atom stereocenters. The number of nitrogens with zero attached hydrogens (tertiary/aromatic N) is 4. The topological polar surface area (TPSA) is 88.3 Å². The largest absolute Gasteiger partial charge is 0.452 e. The molecular formula is C29H36N6O2S2. The highest BCUT2D eigenvalue weighted by Gasteiger charge is 2.29. The summed E-state index contributed by atoms with van der Waals surface area (Å²) in [6.45, 7) is 3.69. The van der Waals surface area contributed by atoms with Gasteiger partial charge in [0.2, 0.25) is 0 Å². The van der Waals surface area contributed by atoms with Crippen molar-refractivity contribution in [3.05, 3.63) is 42.7 Å². The van der Waals surface area contributed by atoms with E-state index in [1.807, 2.05) is 18.5 Å². The number of thiophene rings is 1. The van der Waals surface area contributed by atoms with Crippen LogP contribution in [0.4, 0.5) is 0 Å². The van der Waals surface area contributed by atoms with Gasteiger partial charge in [-0.05, 0) is 57.4 Å². The maximum absolute atomic E-state index is 8.93. The van der Waals surface area contributed by atoms with Crippen LogP contribution in [0, 0.1) is 11.3 Å². The van der Waals surface area contributed by atoms with Crippen molar-refractivity contribution in [3.63, 3.8) is 0 Å². The number of fused-ring (bicyclic) bond motifs is 1. The van der Waals surface area contributed by atoms with Crippen LogP contribution in [-0.2, 0) is 4.74 Å². The third kappa shape index (κ3) is 6.04. The van der Waals surface area contributed by atoms with Gasteiger partial charge >= 0.3 is 0 Å². The lowest BCUT2D eigenvalue weighted by molar-refractivity contribution is 0.0822. The smallest absolute Gasteiger partial charge is 0.164 e. The van der Waals surface area contributed by atoms with Crippen molar-refractivity contribution in [1.82, 2.24) is 24.4 Å². The maximum Gasteiger partial charge on any atom is 0.164 e. The molecule has 206 valence electrons. The number of piperidine rings is 1. The van der Waals surface area contributed by atoms with Gasteiger partial charge in [0.15, 0.2) is 5.76 Å². The van der Waals surface area contributed by atoms with Gasteiger partial charge in [0.1, 0.15) is 5.75 Å². The molecule has 4 aliphatic rings. The molecule has 3 aromatic rings.